The van der Waals surface area contributed by atoms with Crippen LogP contribution in [0, 0.1) is 0 Å². The summed E-state index contributed by atoms with van der Waals surface area (Å²) in [6.45, 7) is 2.12. The molecule has 0 heterocycles. The van der Waals surface area contributed by atoms with Gasteiger partial charge < -0.3 is 4.74 Å². The summed E-state index contributed by atoms with van der Waals surface area (Å²) in [6.07, 6.45) is 0. The predicted molar refractivity (Wildman–Crippen MR) is 55.1 cm³/mol. The van der Waals surface area contributed by atoms with Crippen LogP contribution in [-0.2, 0) is 4.74 Å². The van der Waals surface area contributed by atoms with Crippen LogP contribution in [0.1, 0.15) is 17.3 Å². The van der Waals surface area contributed by atoms with Crippen molar-refractivity contribution >= 4 is 33.5 Å². The van der Waals surface area contributed by atoms with Crippen molar-refractivity contribution in [2.24, 2.45) is 0 Å². The molecular formula is C9H8BrClO2. The second-order valence-electron chi connectivity index (χ2n) is 2.32. The Labute approximate surface area is 90.0 Å². The molecule has 0 unspecified atom stereocenters. The van der Waals surface area contributed by atoms with Gasteiger partial charge in [-0.1, -0.05) is 17.7 Å². The second-order valence-corrected chi connectivity index (χ2v) is 3.52. The highest BCUT2D eigenvalue weighted by atomic mass is 79.9. The number of carbonyl (C=O) groups excluding carboxylic acids is 1. The Morgan fingerprint density at radius 3 is 2.92 bits per heavy atom. The van der Waals surface area contributed by atoms with Gasteiger partial charge in [0.25, 0.3) is 0 Å². The summed E-state index contributed by atoms with van der Waals surface area (Å²) in [6, 6.07) is 5.07. The molecule has 0 aliphatic rings. The van der Waals surface area contributed by atoms with Crippen molar-refractivity contribution in [3.8, 4) is 0 Å². The van der Waals surface area contributed by atoms with E-state index in [-0.39, 0.29) is 5.97 Å². The fraction of sp³-hybridized carbons (Fsp3) is 0.222. The van der Waals surface area contributed by atoms with Crippen LogP contribution >= 0.6 is 27.5 Å². The van der Waals surface area contributed by atoms with Crippen molar-refractivity contribution in [2.75, 3.05) is 6.61 Å². The lowest BCUT2D eigenvalue weighted by atomic mass is 10.2. The van der Waals surface area contributed by atoms with Gasteiger partial charge in [-0.2, -0.15) is 0 Å². The van der Waals surface area contributed by atoms with Crippen LogP contribution in [0.15, 0.2) is 22.7 Å². The Kier molecular flexibility index (Phi) is 3.75. The number of esters is 1. The molecule has 0 saturated carbocycles. The van der Waals surface area contributed by atoms with Crippen molar-refractivity contribution in [1.29, 1.82) is 0 Å². The van der Waals surface area contributed by atoms with E-state index >= 15 is 0 Å². The van der Waals surface area contributed by atoms with Crippen LogP contribution < -0.4 is 0 Å². The fourth-order valence-corrected chi connectivity index (χ4v) is 1.47. The summed E-state index contributed by atoms with van der Waals surface area (Å²) in [4.78, 5) is 11.3. The third kappa shape index (κ3) is 2.45. The highest BCUT2D eigenvalue weighted by Crippen LogP contribution is 2.26. The van der Waals surface area contributed by atoms with E-state index < -0.39 is 0 Å². The van der Waals surface area contributed by atoms with Gasteiger partial charge in [0.15, 0.2) is 0 Å². The lowest BCUT2D eigenvalue weighted by Gasteiger charge is -2.04. The van der Waals surface area contributed by atoms with E-state index in [4.69, 9.17) is 16.3 Å². The molecule has 13 heavy (non-hydrogen) atoms. The Hall–Kier alpha value is -0.540. The molecule has 0 radical (unpaired) electrons. The molecule has 1 aromatic carbocycles. The molecule has 0 amide bonds. The Balaban J connectivity index is 3.01. The number of ether oxygens (including phenoxy) is 1. The normalized spacial score (nSPS) is 9.77. The molecule has 4 heteroatoms. The number of hydrogen-bond acceptors (Lipinski definition) is 2. The van der Waals surface area contributed by atoms with Crippen LogP contribution in [0.4, 0.5) is 0 Å². The van der Waals surface area contributed by atoms with Gasteiger partial charge in [-0.15, -0.1) is 0 Å². The molecule has 0 atom stereocenters. The molecule has 0 spiro atoms. The molecule has 0 bridgehead atoms. The molecular weight excluding hydrogens is 255 g/mol. The first-order valence-electron chi connectivity index (χ1n) is 3.78. The second kappa shape index (κ2) is 4.63. The fourth-order valence-electron chi connectivity index (χ4n) is 0.870. The van der Waals surface area contributed by atoms with Gasteiger partial charge in [0.1, 0.15) is 0 Å². The number of hydrogen-bond donors (Lipinski definition) is 0. The summed E-state index contributed by atoms with van der Waals surface area (Å²) >= 11 is 9.02. The van der Waals surface area contributed by atoms with Crippen molar-refractivity contribution in [3.05, 3.63) is 33.3 Å². The van der Waals surface area contributed by atoms with E-state index in [2.05, 4.69) is 15.9 Å². The van der Waals surface area contributed by atoms with Crippen LogP contribution in [0.3, 0.4) is 0 Å². The maximum atomic E-state index is 11.3. The van der Waals surface area contributed by atoms with Crippen molar-refractivity contribution in [1.82, 2.24) is 0 Å². The van der Waals surface area contributed by atoms with Gasteiger partial charge in [-0.05, 0) is 35.0 Å². The van der Waals surface area contributed by atoms with Crippen LogP contribution in [-0.4, -0.2) is 12.6 Å². The maximum Gasteiger partial charge on any atom is 0.339 e. The summed E-state index contributed by atoms with van der Waals surface area (Å²) in [5.41, 5.74) is 0.453. The van der Waals surface area contributed by atoms with Crippen molar-refractivity contribution in [3.63, 3.8) is 0 Å². The Morgan fingerprint density at radius 2 is 2.31 bits per heavy atom. The summed E-state index contributed by atoms with van der Waals surface area (Å²) in [5, 5.41) is 0.505. The molecule has 0 aliphatic carbocycles. The summed E-state index contributed by atoms with van der Waals surface area (Å²) in [5.74, 6) is -0.364. The average Bonchev–Trinajstić information content (AvgIpc) is 2.10. The zero-order chi connectivity index (χ0) is 9.84. The molecule has 0 N–H and O–H groups in total. The van der Waals surface area contributed by atoms with E-state index in [0.717, 1.165) is 0 Å². The third-order valence-electron chi connectivity index (χ3n) is 1.45. The maximum absolute atomic E-state index is 11.3. The Bertz CT molecular complexity index is 325. The largest absolute Gasteiger partial charge is 0.462 e. The van der Waals surface area contributed by atoms with E-state index in [1.54, 1.807) is 25.1 Å². The highest BCUT2D eigenvalue weighted by Gasteiger charge is 2.12. The standard InChI is InChI=1S/C9H8BrClO2/c1-2-13-9(12)6-4-3-5-7(11)8(6)10/h3-5H,2H2,1H3. The van der Waals surface area contributed by atoms with Crippen LogP contribution in [0.5, 0.6) is 0 Å². The number of halogens is 2. The molecule has 0 fully saturated rings. The molecule has 70 valence electrons. The van der Waals surface area contributed by atoms with Crippen LogP contribution in [0.2, 0.25) is 5.02 Å². The van der Waals surface area contributed by atoms with Crippen molar-refractivity contribution in [2.45, 2.75) is 6.92 Å². The van der Waals surface area contributed by atoms with Gasteiger partial charge >= 0.3 is 5.97 Å². The van der Waals surface area contributed by atoms with E-state index in [0.29, 0.717) is 21.7 Å². The zero-order valence-electron chi connectivity index (χ0n) is 7.01. The third-order valence-corrected chi connectivity index (χ3v) is 2.84. The van der Waals surface area contributed by atoms with Gasteiger partial charge in [-0.25, -0.2) is 4.79 Å². The quantitative estimate of drug-likeness (QED) is 0.766. The monoisotopic (exact) mass is 262 g/mol. The molecule has 1 aromatic rings. The molecule has 1 rings (SSSR count). The SMILES string of the molecule is CCOC(=O)c1cccc(Cl)c1Br. The van der Waals surface area contributed by atoms with Gasteiger partial charge in [0.2, 0.25) is 0 Å². The van der Waals surface area contributed by atoms with E-state index in [9.17, 15) is 4.79 Å². The highest BCUT2D eigenvalue weighted by molar-refractivity contribution is 9.10. The number of carbonyl (C=O) groups is 1. The lowest BCUT2D eigenvalue weighted by Crippen LogP contribution is -2.05. The first kappa shape index (κ1) is 10.5. The average molecular weight is 264 g/mol. The van der Waals surface area contributed by atoms with E-state index in [1.807, 2.05) is 0 Å². The zero-order valence-corrected chi connectivity index (χ0v) is 9.35. The number of benzene rings is 1. The minimum absolute atomic E-state index is 0.359. The summed E-state index contributed by atoms with van der Waals surface area (Å²) < 4.78 is 5.41. The lowest BCUT2D eigenvalue weighted by molar-refractivity contribution is 0.0525. The van der Waals surface area contributed by atoms with Gasteiger partial charge in [-0.3, -0.25) is 0 Å². The molecule has 2 nitrogen and oxygen atoms in total. The van der Waals surface area contributed by atoms with Crippen molar-refractivity contribution < 1.29 is 9.53 Å². The first-order valence-corrected chi connectivity index (χ1v) is 4.95. The van der Waals surface area contributed by atoms with Gasteiger partial charge in [0.05, 0.1) is 21.7 Å². The minimum Gasteiger partial charge on any atom is -0.462 e. The number of rotatable bonds is 2. The predicted octanol–water partition coefficient (Wildman–Crippen LogP) is 3.28. The van der Waals surface area contributed by atoms with Crippen LogP contribution in [0.25, 0.3) is 0 Å². The first-order chi connectivity index (χ1) is 6.16. The summed E-state index contributed by atoms with van der Waals surface area (Å²) in [7, 11) is 0. The molecule has 0 aliphatic heterocycles. The minimum atomic E-state index is -0.364. The van der Waals surface area contributed by atoms with E-state index in [1.165, 1.54) is 0 Å². The molecule has 0 saturated heterocycles. The van der Waals surface area contributed by atoms with Gasteiger partial charge in [0, 0.05) is 0 Å². The smallest absolute Gasteiger partial charge is 0.339 e. The Morgan fingerprint density at radius 1 is 1.62 bits per heavy atom. The molecule has 0 aromatic heterocycles. The topological polar surface area (TPSA) is 26.3 Å².